The van der Waals surface area contributed by atoms with Crippen LogP contribution in [0.15, 0.2) is 0 Å². The Bertz CT molecular complexity index is 81.8. The Kier molecular flexibility index (Phi) is 10.2. The molecule has 0 heterocycles. The minimum Gasteiger partial charge on any atom is -0.466 e. The molecule has 0 aromatic heterocycles. The number of hydrogen-bond acceptors (Lipinski definition) is 3. The van der Waals surface area contributed by atoms with E-state index in [9.17, 15) is 4.79 Å². The minimum atomic E-state index is -0.230. The van der Waals surface area contributed by atoms with Crippen molar-refractivity contribution in [2.24, 2.45) is 0 Å². The summed E-state index contributed by atoms with van der Waals surface area (Å²) in [6.07, 6.45) is 0.823. The molecular formula is C6H14O4. The van der Waals surface area contributed by atoms with Crippen LogP contribution in [0, 0.1) is 0 Å². The van der Waals surface area contributed by atoms with E-state index in [-0.39, 0.29) is 18.1 Å². The highest BCUT2D eigenvalue weighted by Crippen LogP contribution is 1.89. The molecule has 0 atom stereocenters. The summed E-state index contributed by atoms with van der Waals surface area (Å²) in [6, 6.07) is 0. The van der Waals surface area contributed by atoms with E-state index < -0.39 is 0 Å². The fourth-order valence-corrected chi connectivity index (χ4v) is 0.457. The van der Waals surface area contributed by atoms with E-state index in [1.165, 1.54) is 0 Å². The first-order valence-corrected chi connectivity index (χ1v) is 3.07. The normalized spacial score (nSPS) is 8.20. The first-order chi connectivity index (χ1) is 4.31. The maximum absolute atomic E-state index is 10.5. The lowest BCUT2D eigenvalue weighted by Gasteiger charge is -1.97. The van der Waals surface area contributed by atoms with Gasteiger partial charge < -0.3 is 15.3 Å². The molecule has 0 bridgehead atoms. The fourth-order valence-electron chi connectivity index (χ4n) is 0.457. The highest BCUT2D eigenvalue weighted by Gasteiger charge is 1.97. The summed E-state index contributed by atoms with van der Waals surface area (Å²) in [5.74, 6) is -0.230. The zero-order valence-corrected chi connectivity index (χ0v) is 6.09. The monoisotopic (exact) mass is 150 g/mol. The standard InChI is InChI=1S/C6H12O3.H2O/c1-2-9-6(8)4-3-5-7;/h7H,2-5H2,1H3;1H2. The van der Waals surface area contributed by atoms with Gasteiger partial charge in [0.25, 0.3) is 0 Å². The molecule has 0 rings (SSSR count). The Balaban J connectivity index is 0. The smallest absolute Gasteiger partial charge is 0.305 e. The highest BCUT2D eigenvalue weighted by atomic mass is 16.5. The molecule has 0 unspecified atom stereocenters. The molecule has 0 aliphatic rings. The molecule has 0 saturated carbocycles. The van der Waals surface area contributed by atoms with Crippen LogP contribution in [0.25, 0.3) is 0 Å². The van der Waals surface area contributed by atoms with E-state index in [4.69, 9.17) is 5.11 Å². The average Bonchev–Trinajstić information content (AvgIpc) is 1.85. The molecular weight excluding hydrogens is 136 g/mol. The summed E-state index contributed by atoms with van der Waals surface area (Å²) < 4.78 is 4.59. The number of ether oxygens (including phenoxy) is 1. The maximum atomic E-state index is 10.5. The summed E-state index contributed by atoms with van der Waals surface area (Å²) in [4.78, 5) is 10.5. The average molecular weight is 150 g/mol. The van der Waals surface area contributed by atoms with E-state index in [0.717, 1.165) is 0 Å². The van der Waals surface area contributed by atoms with Crippen LogP contribution in [0.1, 0.15) is 19.8 Å². The fraction of sp³-hybridized carbons (Fsp3) is 0.833. The van der Waals surface area contributed by atoms with E-state index in [1.807, 2.05) is 0 Å². The lowest BCUT2D eigenvalue weighted by atomic mass is 10.3. The molecule has 0 spiro atoms. The quantitative estimate of drug-likeness (QED) is 0.548. The molecule has 0 amide bonds. The van der Waals surface area contributed by atoms with Crippen LogP contribution in [0.2, 0.25) is 0 Å². The number of carbonyl (C=O) groups excluding carboxylic acids is 1. The van der Waals surface area contributed by atoms with Crippen molar-refractivity contribution in [3.8, 4) is 0 Å². The lowest BCUT2D eigenvalue weighted by molar-refractivity contribution is -0.143. The summed E-state index contributed by atoms with van der Waals surface area (Å²) in [5.41, 5.74) is 0. The van der Waals surface area contributed by atoms with Gasteiger partial charge in [-0.15, -0.1) is 0 Å². The molecule has 0 fully saturated rings. The van der Waals surface area contributed by atoms with Crippen molar-refractivity contribution < 1.29 is 20.1 Å². The van der Waals surface area contributed by atoms with Crippen molar-refractivity contribution >= 4 is 5.97 Å². The number of rotatable bonds is 4. The molecule has 0 aromatic rings. The topological polar surface area (TPSA) is 78.0 Å². The van der Waals surface area contributed by atoms with Crippen LogP contribution < -0.4 is 0 Å². The van der Waals surface area contributed by atoms with Crippen LogP contribution >= 0.6 is 0 Å². The van der Waals surface area contributed by atoms with Gasteiger partial charge in [0.2, 0.25) is 0 Å². The van der Waals surface area contributed by atoms with E-state index in [2.05, 4.69) is 4.74 Å². The lowest BCUT2D eigenvalue weighted by Crippen LogP contribution is -2.03. The van der Waals surface area contributed by atoms with Crippen molar-refractivity contribution in [1.29, 1.82) is 0 Å². The predicted molar refractivity (Wildman–Crippen MR) is 36.6 cm³/mol. The Morgan fingerprint density at radius 1 is 1.60 bits per heavy atom. The van der Waals surface area contributed by atoms with Gasteiger partial charge in [-0.05, 0) is 13.3 Å². The Hall–Kier alpha value is -0.610. The summed E-state index contributed by atoms with van der Waals surface area (Å²) in [6.45, 7) is 2.24. The number of carbonyl (C=O) groups is 1. The zero-order chi connectivity index (χ0) is 7.11. The molecule has 3 N–H and O–H groups in total. The van der Waals surface area contributed by atoms with Crippen molar-refractivity contribution in [3.05, 3.63) is 0 Å². The Morgan fingerprint density at radius 3 is 2.60 bits per heavy atom. The Morgan fingerprint density at radius 2 is 2.20 bits per heavy atom. The SMILES string of the molecule is CCOC(=O)CCCO.O. The van der Waals surface area contributed by atoms with E-state index in [1.54, 1.807) is 6.92 Å². The molecule has 0 aromatic carbocycles. The van der Waals surface area contributed by atoms with Gasteiger partial charge in [0.1, 0.15) is 0 Å². The van der Waals surface area contributed by atoms with Crippen molar-refractivity contribution in [1.82, 2.24) is 0 Å². The third-order valence-electron chi connectivity index (χ3n) is 0.844. The van der Waals surface area contributed by atoms with Gasteiger partial charge in [0.05, 0.1) is 6.61 Å². The molecule has 10 heavy (non-hydrogen) atoms. The molecule has 0 saturated heterocycles. The minimum absolute atomic E-state index is 0. The highest BCUT2D eigenvalue weighted by molar-refractivity contribution is 5.69. The van der Waals surface area contributed by atoms with Gasteiger partial charge in [0, 0.05) is 13.0 Å². The number of aliphatic hydroxyl groups excluding tert-OH is 1. The largest absolute Gasteiger partial charge is 0.466 e. The van der Waals surface area contributed by atoms with Crippen LogP contribution in [-0.2, 0) is 9.53 Å². The van der Waals surface area contributed by atoms with Gasteiger partial charge in [-0.2, -0.15) is 0 Å². The van der Waals surface area contributed by atoms with Gasteiger partial charge in [0.15, 0.2) is 0 Å². The number of hydrogen-bond donors (Lipinski definition) is 1. The summed E-state index contributed by atoms with van der Waals surface area (Å²) in [7, 11) is 0. The van der Waals surface area contributed by atoms with E-state index in [0.29, 0.717) is 19.4 Å². The Labute approximate surface area is 60.1 Å². The van der Waals surface area contributed by atoms with Gasteiger partial charge in [-0.1, -0.05) is 0 Å². The first kappa shape index (κ1) is 12.1. The summed E-state index contributed by atoms with van der Waals surface area (Å²) >= 11 is 0. The second kappa shape index (κ2) is 8.39. The van der Waals surface area contributed by atoms with Crippen molar-refractivity contribution in [3.63, 3.8) is 0 Å². The van der Waals surface area contributed by atoms with Crippen LogP contribution in [0.4, 0.5) is 0 Å². The molecule has 0 radical (unpaired) electrons. The van der Waals surface area contributed by atoms with Crippen LogP contribution in [0.3, 0.4) is 0 Å². The van der Waals surface area contributed by atoms with Crippen molar-refractivity contribution in [2.75, 3.05) is 13.2 Å². The van der Waals surface area contributed by atoms with Gasteiger partial charge in [-0.3, -0.25) is 4.79 Å². The molecule has 4 nitrogen and oxygen atoms in total. The first-order valence-electron chi connectivity index (χ1n) is 3.07. The molecule has 62 valence electrons. The maximum Gasteiger partial charge on any atom is 0.305 e. The second-order valence-electron chi connectivity index (χ2n) is 1.63. The predicted octanol–water partition coefficient (Wildman–Crippen LogP) is -0.503. The molecule has 0 aliphatic carbocycles. The third-order valence-corrected chi connectivity index (χ3v) is 0.844. The number of esters is 1. The van der Waals surface area contributed by atoms with Crippen LogP contribution in [-0.4, -0.2) is 29.8 Å². The zero-order valence-electron chi connectivity index (χ0n) is 6.09. The summed E-state index contributed by atoms with van der Waals surface area (Å²) in [5, 5.41) is 8.28. The van der Waals surface area contributed by atoms with Gasteiger partial charge >= 0.3 is 5.97 Å². The second-order valence-corrected chi connectivity index (χ2v) is 1.63. The van der Waals surface area contributed by atoms with Gasteiger partial charge in [-0.25, -0.2) is 0 Å². The molecule has 4 heteroatoms. The number of aliphatic hydroxyl groups is 1. The van der Waals surface area contributed by atoms with Crippen molar-refractivity contribution in [2.45, 2.75) is 19.8 Å². The third kappa shape index (κ3) is 7.39. The van der Waals surface area contributed by atoms with E-state index >= 15 is 0 Å². The molecule has 0 aliphatic heterocycles. The van der Waals surface area contributed by atoms with Crippen LogP contribution in [0.5, 0.6) is 0 Å².